The summed E-state index contributed by atoms with van der Waals surface area (Å²) >= 11 is 0. The van der Waals surface area contributed by atoms with Crippen molar-refractivity contribution in [3.8, 4) is 5.75 Å². The highest BCUT2D eigenvalue weighted by Crippen LogP contribution is 2.16. The van der Waals surface area contributed by atoms with Crippen LogP contribution in [0.2, 0.25) is 0 Å². The Kier molecular flexibility index (Phi) is 7.05. The molecule has 1 amide bonds. The standard InChI is InChI=1S/C17H26N2O4S/c1-2-23-15-8-10-16(11-9-15)24(21,22)18-12-6-14-19-13-5-3-4-7-17(19)20/h8-11,18H,2-7,12-14H2,1H3. The zero-order valence-electron chi connectivity index (χ0n) is 14.2. The molecule has 0 atom stereocenters. The van der Waals surface area contributed by atoms with E-state index in [1.165, 1.54) is 12.1 Å². The van der Waals surface area contributed by atoms with Gasteiger partial charge in [-0.25, -0.2) is 13.1 Å². The minimum Gasteiger partial charge on any atom is -0.494 e. The summed E-state index contributed by atoms with van der Waals surface area (Å²) in [6.07, 6.45) is 4.30. The second kappa shape index (κ2) is 9.03. The van der Waals surface area contributed by atoms with Gasteiger partial charge in [0.05, 0.1) is 11.5 Å². The molecule has 7 heteroatoms. The number of likely N-dealkylation sites (tertiary alicyclic amines) is 1. The van der Waals surface area contributed by atoms with Crippen LogP contribution >= 0.6 is 0 Å². The largest absolute Gasteiger partial charge is 0.494 e. The zero-order chi connectivity index (χ0) is 17.4. The van der Waals surface area contributed by atoms with Crippen molar-refractivity contribution in [2.45, 2.75) is 43.9 Å². The summed E-state index contributed by atoms with van der Waals surface area (Å²) in [5.41, 5.74) is 0. The third-order valence-corrected chi connectivity index (χ3v) is 5.49. The summed E-state index contributed by atoms with van der Waals surface area (Å²) in [4.78, 5) is 14.0. The van der Waals surface area contributed by atoms with E-state index in [0.29, 0.717) is 38.3 Å². The Morgan fingerprint density at radius 2 is 1.92 bits per heavy atom. The van der Waals surface area contributed by atoms with Gasteiger partial charge < -0.3 is 9.64 Å². The number of nitrogens with one attached hydrogen (secondary N) is 1. The average Bonchev–Trinajstić information content (AvgIpc) is 2.77. The average molecular weight is 354 g/mol. The first-order valence-electron chi connectivity index (χ1n) is 8.53. The normalized spacial score (nSPS) is 16.0. The Morgan fingerprint density at radius 1 is 1.17 bits per heavy atom. The van der Waals surface area contributed by atoms with Crippen molar-refractivity contribution in [3.63, 3.8) is 0 Å². The molecular formula is C17H26N2O4S. The van der Waals surface area contributed by atoms with Crippen LogP contribution in [0.15, 0.2) is 29.2 Å². The summed E-state index contributed by atoms with van der Waals surface area (Å²) in [5, 5.41) is 0. The first-order chi connectivity index (χ1) is 11.5. The van der Waals surface area contributed by atoms with Gasteiger partial charge in [-0.3, -0.25) is 4.79 Å². The number of amides is 1. The molecule has 0 aliphatic carbocycles. The molecule has 24 heavy (non-hydrogen) atoms. The molecule has 1 fully saturated rings. The van der Waals surface area contributed by atoms with Gasteiger partial charge in [-0.05, 0) is 50.5 Å². The topological polar surface area (TPSA) is 75.7 Å². The van der Waals surface area contributed by atoms with Crippen molar-refractivity contribution < 1.29 is 17.9 Å². The van der Waals surface area contributed by atoms with Crippen LogP contribution in [0.25, 0.3) is 0 Å². The van der Waals surface area contributed by atoms with Crippen LogP contribution in [-0.4, -0.2) is 45.5 Å². The molecule has 0 aromatic heterocycles. The van der Waals surface area contributed by atoms with Gasteiger partial charge in [0.1, 0.15) is 5.75 Å². The molecule has 1 saturated heterocycles. The number of rotatable bonds is 8. The van der Waals surface area contributed by atoms with Crippen molar-refractivity contribution in [2.24, 2.45) is 0 Å². The summed E-state index contributed by atoms with van der Waals surface area (Å²) in [6.45, 7) is 4.12. The number of ether oxygens (including phenoxy) is 1. The lowest BCUT2D eigenvalue weighted by Gasteiger charge is -2.20. The molecule has 1 aliphatic rings. The number of carbonyl (C=O) groups is 1. The van der Waals surface area contributed by atoms with E-state index in [-0.39, 0.29) is 10.8 Å². The van der Waals surface area contributed by atoms with Gasteiger partial charge in [0, 0.05) is 26.1 Å². The summed E-state index contributed by atoms with van der Waals surface area (Å²) in [5.74, 6) is 0.831. The number of hydrogen-bond donors (Lipinski definition) is 1. The third-order valence-electron chi connectivity index (χ3n) is 4.01. The first-order valence-corrected chi connectivity index (χ1v) is 10.0. The van der Waals surface area contributed by atoms with E-state index in [2.05, 4.69) is 4.72 Å². The monoisotopic (exact) mass is 354 g/mol. The molecule has 6 nitrogen and oxygen atoms in total. The number of nitrogens with zero attached hydrogens (tertiary/aromatic N) is 1. The molecule has 1 N–H and O–H groups in total. The van der Waals surface area contributed by atoms with E-state index in [9.17, 15) is 13.2 Å². The lowest BCUT2D eigenvalue weighted by Crippen LogP contribution is -2.34. The fourth-order valence-corrected chi connectivity index (χ4v) is 3.79. The van der Waals surface area contributed by atoms with Crippen LogP contribution in [0.3, 0.4) is 0 Å². The van der Waals surface area contributed by atoms with Crippen molar-refractivity contribution in [1.82, 2.24) is 9.62 Å². The van der Waals surface area contributed by atoms with E-state index in [1.807, 2.05) is 11.8 Å². The fourth-order valence-electron chi connectivity index (χ4n) is 2.72. The molecule has 1 heterocycles. The van der Waals surface area contributed by atoms with Gasteiger partial charge in [-0.15, -0.1) is 0 Å². The molecule has 0 spiro atoms. The minimum atomic E-state index is -3.52. The van der Waals surface area contributed by atoms with Crippen molar-refractivity contribution in [1.29, 1.82) is 0 Å². The Bertz CT molecular complexity index is 628. The van der Waals surface area contributed by atoms with Crippen molar-refractivity contribution in [3.05, 3.63) is 24.3 Å². The molecule has 0 bridgehead atoms. The summed E-state index contributed by atoms with van der Waals surface area (Å²) in [6, 6.07) is 6.36. The maximum atomic E-state index is 12.2. The van der Waals surface area contributed by atoms with E-state index in [1.54, 1.807) is 12.1 Å². The second-order valence-electron chi connectivity index (χ2n) is 5.85. The van der Waals surface area contributed by atoms with Gasteiger partial charge in [-0.2, -0.15) is 0 Å². The molecule has 0 unspecified atom stereocenters. The Hall–Kier alpha value is -1.60. The predicted octanol–water partition coefficient (Wildman–Crippen LogP) is 2.16. The third kappa shape index (κ3) is 5.49. The van der Waals surface area contributed by atoms with Gasteiger partial charge in [0.25, 0.3) is 0 Å². The molecule has 1 aromatic rings. The van der Waals surface area contributed by atoms with Crippen LogP contribution < -0.4 is 9.46 Å². The van der Waals surface area contributed by atoms with E-state index in [0.717, 1.165) is 25.8 Å². The highest BCUT2D eigenvalue weighted by atomic mass is 32.2. The van der Waals surface area contributed by atoms with Crippen LogP contribution in [0, 0.1) is 0 Å². The molecule has 1 aromatic carbocycles. The highest BCUT2D eigenvalue weighted by molar-refractivity contribution is 7.89. The molecule has 1 aliphatic heterocycles. The van der Waals surface area contributed by atoms with Crippen LogP contribution in [0.4, 0.5) is 0 Å². The molecular weight excluding hydrogens is 328 g/mol. The molecule has 0 saturated carbocycles. The summed E-state index contributed by atoms with van der Waals surface area (Å²) < 4.78 is 32.4. The highest BCUT2D eigenvalue weighted by Gasteiger charge is 2.17. The lowest BCUT2D eigenvalue weighted by molar-refractivity contribution is -0.130. The smallest absolute Gasteiger partial charge is 0.240 e. The molecule has 134 valence electrons. The van der Waals surface area contributed by atoms with Gasteiger partial charge in [0.2, 0.25) is 15.9 Å². The van der Waals surface area contributed by atoms with E-state index >= 15 is 0 Å². The summed E-state index contributed by atoms with van der Waals surface area (Å²) in [7, 11) is -3.52. The fraction of sp³-hybridized carbons (Fsp3) is 0.588. The van der Waals surface area contributed by atoms with E-state index < -0.39 is 10.0 Å². The number of sulfonamides is 1. The van der Waals surface area contributed by atoms with Crippen LogP contribution in [0.1, 0.15) is 39.0 Å². The zero-order valence-corrected chi connectivity index (χ0v) is 15.0. The van der Waals surface area contributed by atoms with E-state index in [4.69, 9.17) is 4.74 Å². The van der Waals surface area contributed by atoms with Gasteiger partial charge in [-0.1, -0.05) is 6.42 Å². The second-order valence-corrected chi connectivity index (χ2v) is 7.61. The Labute approximate surface area is 144 Å². The van der Waals surface area contributed by atoms with Gasteiger partial charge >= 0.3 is 0 Å². The maximum absolute atomic E-state index is 12.2. The van der Waals surface area contributed by atoms with Crippen LogP contribution in [-0.2, 0) is 14.8 Å². The van der Waals surface area contributed by atoms with Crippen molar-refractivity contribution >= 4 is 15.9 Å². The quantitative estimate of drug-likeness (QED) is 0.726. The molecule has 2 rings (SSSR count). The van der Waals surface area contributed by atoms with Crippen molar-refractivity contribution in [2.75, 3.05) is 26.2 Å². The number of hydrogen-bond acceptors (Lipinski definition) is 4. The Balaban J connectivity index is 1.80. The van der Waals surface area contributed by atoms with Crippen LogP contribution in [0.5, 0.6) is 5.75 Å². The number of benzene rings is 1. The minimum absolute atomic E-state index is 0.182. The Morgan fingerprint density at radius 3 is 2.62 bits per heavy atom. The van der Waals surface area contributed by atoms with Gasteiger partial charge in [0.15, 0.2) is 0 Å². The first kappa shape index (κ1) is 18.7. The predicted molar refractivity (Wildman–Crippen MR) is 92.5 cm³/mol. The lowest BCUT2D eigenvalue weighted by atomic mass is 10.2. The number of carbonyl (C=O) groups excluding carboxylic acids is 1. The SMILES string of the molecule is CCOc1ccc(S(=O)(=O)NCCCN2CCCCCC2=O)cc1. The molecule has 0 radical (unpaired) electrons. The maximum Gasteiger partial charge on any atom is 0.240 e.